The number of piperazine rings is 1. The Morgan fingerprint density at radius 2 is 1.43 bits per heavy atom. The SMILES string of the molecule is Cc1cc(N2CCN(C(=O)c3cccc(C(F)(F)F)c3)CC2)nc(-c2ccc(C(F)(F)F)cc2)n1. The summed E-state index contributed by atoms with van der Waals surface area (Å²) in [5, 5.41) is 0. The van der Waals surface area contributed by atoms with Crippen LogP contribution in [0.5, 0.6) is 0 Å². The predicted molar refractivity (Wildman–Crippen MR) is 117 cm³/mol. The number of rotatable bonds is 3. The first-order valence-corrected chi connectivity index (χ1v) is 10.7. The van der Waals surface area contributed by atoms with Crippen molar-refractivity contribution in [2.75, 3.05) is 31.1 Å². The Bertz CT molecular complexity index is 1220. The molecule has 0 spiro atoms. The molecule has 0 N–H and O–H groups in total. The van der Waals surface area contributed by atoms with Crippen molar-refractivity contribution in [1.29, 1.82) is 0 Å². The van der Waals surface area contributed by atoms with Gasteiger partial charge >= 0.3 is 12.4 Å². The van der Waals surface area contributed by atoms with Gasteiger partial charge in [-0.3, -0.25) is 4.79 Å². The highest BCUT2D eigenvalue weighted by Gasteiger charge is 2.32. The lowest BCUT2D eigenvalue weighted by molar-refractivity contribution is -0.138. The van der Waals surface area contributed by atoms with Gasteiger partial charge in [0, 0.05) is 49.1 Å². The molecule has 5 nitrogen and oxygen atoms in total. The molecule has 2 heterocycles. The lowest BCUT2D eigenvalue weighted by Gasteiger charge is -2.35. The van der Waals surface area contributed by atoms with Crippen LogP contribution in [0.4, 0.5) is 32.2 Å². The van der Waals surface area contributed by atoms with Gasteiger partial charge in [-0.1, -0.05) is 18.2 Å². The number of benzene rings is 2. The van der Waals surface area contributed by atoms with Gasteiger partial charge in [0.15, 0.2) is 5.82 Å². The molecule has 0 aliphatic carbocycles. The summed E-state index contributed by atoms with van der Waals surface area (Å²) in [6.45, 7) is 3.05. The number of carbonyl (C=O) groups is 1. The second-order valence-electron chi connectivity index (χ2n) is 8.12. The van der Waals surface area contributed by atoms with E-state index in [1.165, 1.54) is 29.2 Å². The van der Waals surface area contributed by atoms with Crippen LogP contribution < -0.4 is 4.90 Å². The van der Waals surface area contributed by atoms with Gasteiger partial charge in [0.1, 0.15) is 5.82 Å². The standard InChI is InChI=1S/C24H20F6N4O/c1-15-13-20(32-21(31-15)16-5-7-18(8-6-16)23(25,26)27)33-9-11-34(12-10-33)22(35)17-3-2-4-19(14-17)24(28,29)30/h2-8,13-14H,9-12H2,1H3. The van der Waals surface area contributed by atoms with E-state index < -0.39 is 29.4 Å². The summed E-state index contributed by atoms with van der Waals surface area (Å²) in [6, 6.07) is 10.6. The van der Waals surface area contributed by atoms with Crippen molar-refractivity contribution < 1.29 is 31.1 Å². The number of alkyl halides is 6. The summed E-state index contributed by atoms with van der Waals surface area (Å²) >= 11 is 0. The second kappa shape index (κ2) is 9.20. The fourth-order valence-electron chi connectivity index (χ4n) is 3.80. The van der Waals surface area contributed by atoms with E-state index in [2.05, 4.69) is 9.97 Å². The third-order valence-corrected chi connectivity index (χ3v) is 5.64. The number of hydrogen-bond donors (Lipinski definition) is 0. The van der Waals surface area contributed by atoms with Crippen LogP contribution in [-0.4, -0.2) is 47.0 Å². The highest BCUT2D eigenvalue weighted by molar-refractivity contribution is 5.94. The van der Waals surface area contributed by atoms with Gasteiger partial charge in [-0.2, -0.15) is 26.3 Å². The first kappa shape index (κ1) is 24.5. The summed E-state index contributed by atoms with van der Waals surface area (Å²) in [6.07, 6.45) is -8.98. The maximum atomic E-state index is 13.0. The number of hydrogen-bond acceptors (Lipinski definition) is 4. The number of aryl methyl sites for hydroxylation is 1. The van der Waals surface area contributed by atoms with Crippen LogP contribution in [-0.2, 0) is 12.4 Å². The molecule has 3 aromatic rings. The zero-order valence-corrected chi connectivity index (χ0v) is 18.5. The number of aromatic nitrogens is 2. The minimum atomic E-state index is -4.54. The maximum Gasteiger partial charge on any atom is 0.416 e. The van der Waals surface area contributed by atoms with E-state index >= 15 is 0 Å². The highest BCUT2D eigenvalue weighted by Crippen LogP contribution is 2.31. The largest absolute Gasteiger partial charge is 0.416 e. The van der Waals surface area contributed by atoms with Gasteiger partial charge < -0.3 is 9.80 Å². The zero-order valence-electron chi connectivity index (χ0n) is 18.5. The van der Waals surface area contributed by atoms with E-state index in [0.29, 0.717) is 30.2 Å². The predicted octanol–water partition coefficient (Wildman–Crippen LogP) is 5.45. The molecule has 1 aliphatic rings. The van der Waals surface area contributed by atoms with Crippen molar-refractivity contribution in [3.8, 4) is 11.4 Å². The topological polar surface area (TPSA) is 49.3 Å². The van der Waals surface area contributed by atoms with Crippen LogP contribution in [0, 0.1) is 6.92 Å². The van der Waals surface area contributed by atoms with Gasteiger partial charge in [0.2, 0.25) is 0 Å². The van der Waals surface area contributed by atoms with E-state index in [0.717, 1.165) is 24.3 Å². The number of carbonyl (C=O) groups excluding carboxylic acids is 1. The summed E-state index contributed by atoms with van der Waals surface area (Å²) in [7, 11) is 0. The van der Waals surface area contributed by atoms with Gasteiger partial charge in [-0.05, 0) is 37.3 Å². The van der Waals surface area contributed by atoms with E-state index in [-0.39, 0.29) is 24.5 Å². The summed E-state index contributed by atoms with van der Waals surface area (Å²) in [5.41, 5.74) is -0.630. The van der Waals surface area contributed by atoms with Crippen LogP contribution in [0.25, 0.3) is 11.4 Å². The molecule has 1 amide bonds. The molecule has 4 rings (SSSR count). The second-order valence-corrected chi connectivity index (χ2v) is 8.12. The fourth-order valence-corrected chi connectivity index (χ4v) is 3.80. The molecule has 0 atom stereocenters. The fraction of sp³-hybridized carbons (Fsp3) is 0.292. The van der Waals surface area contributed by atoms with E-state index in [1.807, 2.05) is 4.90 Å². The van der Waals surface area contributed by atoms with Gasteiger partial charge in [-0.15, -0.1) is 0 Å². The van der Waals surface area contributed by atoms with Crippen molar-refractivity contribution in [2.45, 2.75) is 19.3 Å². The lowest BCUT2D eigenvalue weighted by atomic mass is 10.1. The third-order valence-electron chi connectivity index (χ3n) is 5.64. The molecule has 1 aromatic heterocycles. The van der Waals surface area contributed by atoms with Crippen molar-refractivity contribution in [3.05, 3.63) is 77.0 Å². The van der Waals surface area contributed by atoms with Crippen LogP contribution in [0.1, 0.15) is 27.2 Å². The van der Waals surface area contributed by atoms with E-state index in [1.54, 1.807) is 13.0 Å². The quantitative estimate of drug-likeness (QED) is 0.455. The zero-order chi connectivity index (χ0) is 25.4. The molecular weight excluding hydrogens is 474 g/mol. The van der Waals surface area contributed by atoms with Crippen LogP contribution in [0.3, 0.4) is 0 Å². The molecule has 1 saturated heterocycles. The maximum absolute atomic E-state index is 13.0. The normalized spacial score (nSPS) is 14.8. The van der Waals surface area contributed by atoms with Crippen LogP contribution in [0.2, 0.25) is 0 Å². The molecule has 35 heavy (non-hydrogen) atoms. The van der Waals surface area contributed by atoms with Gasteiger partial charge in [-0.25, -0.2) is 9.97 Å². The van der Waals surface area contributed by atoms with Crippen molar-refractivity contribution in [1.82, 2.24) is 14.9 Å². The molecule has 1 fully saturated rings. The molecule has 0 unspecified atom stereocenters. The van der Waals surface area contributed by atoms with E-state index in [4.69, 9.17) is 0 Å². The average molecular weight is 494 g/mol. The van der Waals surface area contributed by atoms with Crippen LogP contribution >= 0.6 is 0 Å². The van der Waals surface area contributed by atoms with Crippen LogP contribution in [0.15, 0.2) is 54.6 Å². The number of nitrogens with zero attached hydrogens (tertiary/aromatic N) is 4. The molecule has 1 aliphatic heterocycles. The molecule has 11 heteroatoms. The van der Waals surface area contributed by atoms with E-state index in [9.17, 15) is 31.1 Å². The smallest absolute Gasteiger partial charge is 0.353 e. The molecule has 2 aromatic carbocycles. The Morgan fingerprint density at radius 1 is 0.800 bits per heavy atom. The summed E-state index contributed by atoms with van der Waals surface area (Å²) < 4.78 is 77.5. The van der Waals surface area contributed by atoms with Gasteiger partial charge in [0.25, 0.3) is 5.91 Å². The molecule has 0 radical (unpaired) electrons. The monoisotopic (exact) mass is 494 g/mol. The van der Waals surface area contributed by atoms with Crippen molar-refractivity contribution >= 4 is 11.7 Å². The molecular formula is C24H20F6N4O. The van der Waals surface area contributed by atoms with Crippen molar-refractivity contribution in [3.63, 3.8) is 0 Å². The minimum absolute atomic E-state index is 0.0317. The molecule has 0 bridgehead atoms. The first-order valence-electron chi connectivity index (χ1n) is 10.7. The average Bonchev–Trinajstić information content (AvgIpc) is 2.82. The minimum Gasteiger partial charge on any atom is -0.353 e. The number of halogens is 6. The summed E-state index contributed by atoms with van der Waals surface area (Å²) in [4.78, 5) is 24.9. The highest BCUT2D eigenvalue weighted by atomic mass is 19.4. The number of amides is 1. The lowest BCUT2D eigenvalue weighted by Crippen LogP contribution is -2.49. The first-order chi connectivity index (χ1) is 16.4. The molecule has 0 saturated carbocycles. The Morgan fingerprint density at radius 3 is 2.03 bits per heavy atom. The Balaban J connectivity index is 1.47. The summed E-state index contributed by atoms with van der Waals surface area (Å²) in [5.74, 6) is 0.342. The van der Waals surface area contributed by atoms with Crippen molar-refractivity contribution in [2.24, 2.45) is 0 Å². The molecule has 184 valence electrons. The Labute approximate surface area is 197 Å². The third kappa shape index (κ3) is 5.55. The number of anilines is 1. The Hall–Kier alpha value is -3.63. The van der Waals surface area contributed by atoms with Gasteiger partial charge in [0.05, 0.1) is 11.1 Å². The Kier molecular flexibility index (Phi) is 6.44.